The number of carbonyl (C=O) groups is 4. The maximum absolute atomic E-state index is 14.8. The number of benzene rings is 3. The van der Waals surface area contributed by atoms with Crippen molar-refractivity contribution in [3.8, 4) is 28.1 Å². The van der Waals surface area contributed by atoms with Gasteiger partial charge in [-0.25, -0.2) is 15.0 Å². The van der Waals surface area contributed by atoms with Crippen LogP contribution in [0, 0.1) is 17.3 Å². The zero-order valence-electron chi connectivity index (χ0n) is 50.8. The molecule has 3 amide bonds. The summed E-state index contributed by atoms with van der Waals surface area (Å²) in [6.07, 6.45) is 1.71. The standard InChI is InChI=1S/C64H89N7O10Si/c1-15-70-55-22-21-45(31-51(55)53(34-64(12,13)38-72)58(70)52-33-48(35-65-56(52)42(8)78-14)68-23-25-69(26-24-68)62(77)79-37-43-19-17-16-18-20-43)46-27-44(28-49(30-46)81-82(39(2)3,40(4)5)41(6)7)29-54(66-61(76)80-63(9,10)11)59(73)71-36-47-32-50(47)57(67-71)60(74)75/h16-22,27-28,30-31,33,35,39-42,47,50,54,57,67,72H,15,23-26,29,32,34,36-38H2,1-14H3,(H,66,76)(H,74,75)/t42-,47-,50-,54-,57-/m0/s1. The van der Waals surface area contributed by atoms with Crippen LogP contribution in [0.4, 0.5) is 15.3 Å². The number of carboxylic acid groups (broad SMARTS) is 1. The van der Waals surface area contributed by atoms with Crippen molar-refractivity contribution >= 4 is 49.0 Å². The Labute approximate surface area is 486 Å². The smallest absolute Gasteiger partial charge is 0.410 e. The summed E-state index contributed by atoms with van der Waals surface area (Å²) in [6, 6.07) is 22.5. The number of carbonyl (C=O) groups excluding carboxylic acids is 3. The third kappa shape index (κ3) is 13.6. The lowest BCUT2D eigenvalue weighted by molar-refractivity contribution is -0.148. The molecular weight excluding hydrogens is 1050 g/mol. The molecule has 8 rings (SSSR count). The molecule has 1 saturated carbocycles. The summed E-state index contributed by atoms with van der Waals surface area (Å²) in [4.78, 5) is 63.2. The molecule has 444 valence electrons. The SMILES string of the molecule is CCn1c(-c2cc(N3CCN(C(=O)OCc4ccccc4)CC3)cnc2[C@H](C)OC)c(CC(C)(C)CO)c2cc(-c3cc(C[C@H](NC(=O)OC(C)(C)C)C(=O)N4C[C@@H]5C[C@@H]5[C@@H](C(=O)O)N4)cc(O[Si](C(C)C)(C(C)C)C(C)C)c3)ccc21. The second-order valence-electron chi connectivity index (χ2n) is 25.6. The maximum Gasteiger partial charge on any atom is 0.410 e. The Morgan fingerprint density at radius 3 is 2.15 bits per heavy atom. The Bertz CT molecular complexity index is 3070. The molecule has 5 aromatic rings. The molecule has 2 aliphatic heterocycles. The van der Waals surface area contributed by atoms with Crippen molar-refractivity contribution in [2.45, 2.75) is 163 Å². The van der Waals surface area contributed by atoms with E-state index in [2.05, 4.69) is 119 Å². The number of alkyl carbamates (subject to hydrolysis) is 1. The van der Waals surface area contributed by atoms with Crippen LogP contribution in [0.25, 0.3) is 33.3 Å². The van der Waals surface area contributed by atoms with E-state index in [0.29, 0.717) is 57.9 Å². The first kappa shape index (κ1) is 61.6. The molecule has 18 heteroatoms. The second kappa shape index (κ2) is 25.2. The Morgan fingerprint density at radius 2 is 1.54 bits per heavy atom. The molecule has 1 aliphatic carbocycles. The number of anilines is 1. The van der Waals surface area contributed by atoms with Gasteiger partial charge in [0, 0.05) is 75.9 Å². The van der Waals surface area contributed by atoms with Gasteiger partial charge in [0.05, 0.1) is 29.4 Å². The van der Waals surface area contributed by atoms with Gasteiger partial charge in [-0.2, -0.15) is 0 Å². The molecular formula is C64H89N7O10Si. The van der Waals surface area contributed by atoms with Crippen molar-refractivity contribution < 1.29 is 48.0 Å². The topological polar surface area (TPSA) is 197 Å². The first-order valence-electron chi connectivity index (χ1n) is 29.4. The summed E-state index contributed by atoms with van der Waals surface area (Å²) < 4.78 is 27.3. The summed E-state index contributed by atoms with van der Waals surface area (Å²) >= 11 is 0. The largest absolute Gasteiger partial charge is 0.543 e. The van der Waals surface area contributed by atoms with Crippen LogP contribution < -0.4 is 20.1 Å². The fourth-order valence-corrected chi connectivity index (χ4v) is 17.9. The third-order valence-corrected chi connectivity index (χ3v) is 23.0. The Morgan fingerprint density at radius 1 is 0.854 bits per heavy atom. The lowest BCUT2D eigenvalue weighted by Gasteiger charge is -2.42. The number of hydrazine groups is 1. The number of methoxy groups -OCH3 is 1. The quantitative estimate of drug-likeness (QED) is 0.0507. The van der Waals surface area contributed by atoms with Crippen LogP contribution in [-0.2, 0) is 49.8 Å². The third-order valence-electron chi connectivity index (χ3n) is 17.0. The van der Waals surface area contributed by atoms with E-state index in [1.54, 1.807) is 32.8 Å². The zero-order chi connectivity index (χ0) is 59.6. The number of carboxylic acids is 1. The predicted octanol–water partition coefficient (Wildman–Crippen LogP) is 11.5. The number of pyridine rings is 1. The van der Waals surface area contributed by atoms with Crippen LogP contribution in [0.1, 0.15) is 125 Å². The predicted molar refractivity (Wildman–Crippen MR) is 323 cm³/mol. The van der Waals surface area contributed by atoms with Crippen LogP contribution in [0.5, 0.6) is 5.75 Å². The van der Waals surface area contributed by atoms with Gasteiger partial charge in [-0.1, -0.05) is 97.9 Å². The highest BCUT2D eigenvalue weighted by atomic mass is 28.4. The first-order chi connectivity index (χ1) is 38.8. The molecule has 2 saturated heterocycles. The molecule has 0 spiro atoms. The minimum atomic E-state index is -2.57. The van der Waals surface area contributed by atoms with Gasteiger partial charge < -0.3 is 48.5 Å². The van der Waals surface area contributed by atoms with Crippen molar-refractivity contribution in [1.29, 1.82) is 0 Å². The van der Waals surface area contributed by atoms with Gasteiger partial charge in [-0.05, 0) is 139 Å². The molecule has 3 aliphatic rings. The summed E-state index contributed by atoms with van der Waals surface area (Å²) in [5, 5.41) is 26.4. The number of fused-ring (bicyclic) bond motifs is 2. The number of ether oxygens (including phenoxy) is 3. The van der Waals surface area contributed by atoms with E-state index in [1.807, 2.05) is 49.5 Å². The fraction of sp³-hybridized carbons (Fsp3) is 0.547. The number of aliphatic carboxylic acids is 1. The van der Waals surface area contributed by atoms with Crippen molar-refractivity contribution in [3.63, 3.8) is 0 Å². The zero-order valence-corrected chi connectivity index (χ0v) is 51.8. The van der Waals surface area contributed by atoms with Gasteiger partial charge in [-0.3, -0.25) is 19.6 Å². The lowest BCUT2D eigenvalue weighted by atomic mass is 9.84. The van der Waals surface area contributed by atoms with E-state index in [1.165, 1.54) is 5.01 Å². The molecule has 0 radical (unpaired) electrons. The van der Waals surface area contributed by atoms with E-state index in [0.717, 1.165) is 61.4 Å². The molecule has 3 aromatic carbocycles. The number of amides is 3. The van der Waals surface area contributed by atoms with Gasteiger partial charge in [0.25, 0.3) is 14.2 Å². The van der Waals surface area contributed by atoms with Crippen molar-refractivity contribution in [2.24, 2.45) is 17.3 Å². The summed E-state index contributed by atoms with van der Waals surface area (Å²) in [7, 11) is -0.881. The number of nitrogens with one attached hydrogen (secondary N) is 2. The van der Waals surface area contributed by atoms with Gasteiger partial charge in [0.15, 0.2) is 0 Å². The van der Waals surface area contributed by atoms with E-state index in [-0.39, 0.29) is 60.3 Å². The number of aliphatic hydroxyl groups is 1. The number of aryl methyl sites for hydroxylation is 1. The van der Waals surface area contributed by atoms with Gasteiger partial charge >= 0.3 is 18.2 Å². The van der Waals surface area contributed by atoms with E-state index >= 15 is 0 Å². The molecule has 82 heavy (non-hydrogen) atoms. The Balaban J connectivity index is 1.24. The van der Waals surface area contributed by atoms with E-state index in [4.69, 9.17) is 23.6 Å². The monoisotopic (exact) mass is 1140 g/mol. The van der Waals surface area contributed by atoms with Crippen LogP contribution in [0.3, 0.4) is 0 Å². The van der Waals surface area contributed by atoms with Gasteiger partial charge in [-0.15, -0.1) is 0 Å². The van der Waals surface area contributed by atoms with Crippen LogP contribution in [0.2, 0.25) is 16.6 Å². The number of aromatic nitrogens is 2. The fourth-order valence-electron chi connectivity index (χ4n) is 12.6. The highest BCUT2D eigenvalue weighted by Gasteiger charge is 2.53. The van der Waals surface area contributed by atoms with Crippen LogP contribution in [0.15, 0.2) is 79.0 Å². The summed E-state index contributed by atoms with van der Waals surface area (Å²) in [5.41, 5.74) is 11.4. The van der Waals surface area contributed by atoms with Crippen molar-refractivity contribution in [1.82, 2.24) is 30.2 Å². The summed E-state index contributed by atoms with van der Waals surface area (Å²) in [6.45, 7) is 30.3. The highest BCUT2D eigenvalue weighted by molar-refractivity contribution is 6.78. The lowest BCUT2D eigenvalue weighted by Crippen LogP contribution is -2.61. The minimum absolute atomic E-state index is 0.0461. The van der Waals surface area contributed by atoms with Gasteiger partial charge in [0.1, 0.15) is 30.0 Å². The first-order valence-corrected chi connectivity index (χ1v) is 31.5. The Hall–Kier alpha value is -6.47. The maximum atomic E-state index is 14.8. The molecule has 3 fully saturated rings. The number of hydrogen-bond donors (Lipinski definition) is 4. The Kier molecular flexibility index (Phi) is 18.9. The molecule has 4 N–H and O–H groups in total. The van der Waals surface area contributed by atoms with E-state index in [9.17, 15) is 29.4 Å². The minimum Gasteiger partial charge on any atom is -0.543 e. The number of rotatable bonds is 21. The molecule has 0 unspecified atom stereocenters. The van der Waals surface area contributed by atoms with Crippen LogP contribution in [-0.4, -0.2) is 126 Å². The molecule has 17 nitrogen and oxygen atoms in total. The van der Waals surface area contributed by atoms with Crippen LogP contribution >= 0.6 is 0 Å². The molecule has 2 aromatic heterocycles. The number of aliphatic hydroxyl groups excluding tert-OH is 1. The number of nitrogens with zero attached hydrogens (tertiary/aromatic N) is 5. The summed E-state index contributed by atoms with van der Waals surface area (Å²) in [5.74, 6) is -0.827. The number of piperazine rings is 1. The second-order valence-corrected chi connectivity index (χ2v) is 30.9. The molecule has 0 bridgehead atoms. The number of hydrogen-bond acceptors (Lipinski definition) is 12. The van der Waals surface area contributed by atoms with Gasteiger partial charge in [0.2, 0.25) is 0 Å². The van der Waals surface area contributed by atoms with Crippen molar-refractivity contribution in [2.75, 3.05) is 51.3 Å². The average Bonchev–Trinajstić information content (AvgIpc) is 4.10. The highest BCUT2D eigenvalue weighted by Crippen LogP contribution is 2.47. The normalized spacial score (nSPS) is 18.4. The van der Waals surface area contributed by atoms with Crippen molar-refractivity contribution in [3.05, 3.63) is 101 Å². The molecule has 5 atom stereocenters. The molecule has 4 heterocycles. The van der Waals surface area contributed by atoms with E-state index < -0.39 is 49.4 Å². The average molecular weight is 1140 g/mol.